The minimum atomic E-state index is -0.243. The van der Waals surface area contributed by atoms with E-state index in [9.17, 15) is 4.79 Å². The Labute approximate surface area is 163 Å². The highest BCUT2D eigenvalue weighted by atomic mass is 79.9. The van der Waals surface area contributed by atoms with Gasteiger partial charge in [0.25, 0.3) is 5.91 Å². The maximum absolute atomic E-state index is 12.3. The first kappa shape index (κ1) is 20.2. The molecule has 0 heterocycles. The van der Waals surface area contributed by atoms with E-state index < -0.39 is 0 Å². The quantitative estimate of drug-likeness (QED) is 0.512. The number of hydrazone groups is 1. The molecule has 0 unspecified atom stereocenters. The summed E-state index contributed by atoms with van der Waals surface area (Å²) in [5.41, 5.74) is 5.19. The Kier molecular flexibility index (Phi) is 6.98. The molecular formula is C21H25BrN2O2. The lowest BCUT2D eigenvalue weighted by Crippen LogP contribution is -2.18. The van der Waals surface area contributed by atoms with Crippen LogP contribution in [0.2, 0.25) is 0 Å². The number of halogens is 1. The predicted octanol–water partition coefficient (Wildman–Crippen LogP) is 5.30. The van der Waals surface area contributed by atoms with Crippen molar-refractivity contribution in [1.82, 2.24) is 5.43 Å². The van der Waals surface area contributed by atoms with Crippen LogP contribution < -0.4 is 10.2 Å². The van der Waals surface area contributed by atoms with Gasteiger partial charge in [0.2, 0.25) is 0 Å². The van der Waals surface area contributed by atoms with Crippen LogP contribution in [0.5, 0.6) is 5.75 Å². The summed E-state index contributed by atoms with van der Waals surface area (Å²) in [4.78, 5) is 12.3. The van der Waals surface area contributed by atoms with Gasteiger partial charge in [-0.3, -0.25) is 4.79 Å². The summed E-state index contributed by atoms with van der Waals surface area (Å²) in [5.74, 6) is 0.496. The lowest BCUT2D eigenvalue weighted by Gasteiger charge is -2.18. The number of carbonyl (C=O) groups excluding carboxylic acids is 1. The van der Waals surface area contributed by atoms with E-state index in [0.29, 0.717) is 12.2 Å². The molecule has 0 spiro atoms. The van der Waals surface area contributed by atoms with E-state index in [4.69, 9.17) is 4.74 Å². The summed E-state index contributed by atoms with van der Waals surface area (Å²) in [5, 5.41) is 4.07. The molecule has 0 bridgehead atoms. The Hall–Kier alpha value is -2.14. The third kappa shape index (κ3) is 5.70. The van der Waals surface area contributed by atoms with Crippen molar-refractivity contribution in [2.24, 2.45) is 5.10 Å². The molecule has 0 aliphatic rings. The van der Waals surface area contributed by atoms with Crippen molar-refractivity contribution in [3.05, 3.63) is 63.6 Å². The zero-order valence-electron chi connectivity index (χ0n) is 15.7. The van der Waals surface area contributed by atoms with Crippen LogP contribution in [0.4, 0.5) is 0 Å². The number of benzene rings is 2. The molecule has 1 N–H and O–H groups in total. The molecule has 5 heteroatoms. The maximum atomic E-state index is 12.3. The zero-order valence-corrected chi connectivity index (χ0v) is 17.3. The first-order chi connectivity index (χ1) is 12.3. The van der Waals surface area contributed by atoms with Gasteiger partial charge >= 0.3 is 0 Å². The summed E-state index contributed by atoms with van der Waals surface area (Å²) >= 11 is 3.44. The van der Waals surface area contributed by atoms with Crippen LogP contribution in [0.15, 0.2) is 52.0 Å². The van der Waals surface area contributed by atoms with Gasteiger partial charge in [-0.25, -0.2) is 5.43 Å². The summed E-state index contributed by atoms with van der Waals surface area (Å²) < 4.78 is 6.63. The topological polar surface area (TPSA) is 50.7 Å². The highest BCUT2D eigenvalue weighted by molar-refractivity contribution is 9.10. The largest absolute Gasteiger partial charge is 0.493 e. The highest BCUT2D eigenvalue weighted by Crippen LogP contribution is 2.23. The van der Waals surface area contributed by atoms with Crippen molar-refractivity contribution in [2.45, 2.75) is 39.5 Å². The molecule has 26 heavy (non-hydrogen) atoms. The number of nitrogens with zero attached hydrogens (tertiary/aromatic N) is 1. The smallest absolute Gasteiger partial charge is 0.271 e. The highest BCUT2D eigenvalue weighted by Gasteiger charge is 2.14. The van der Waals surface area contributed by atoms with Crippen molar-refractivity contribution in [1.29, 1.82) is 0 Å². The van der Waals surface area contributed by atoms with Gasteiger partial charge in [-0.15, -0.1) is 0 Å². The van der Waals surface area contributed by atoms with Crippen LogP contribution in [0, 0.1) is 0 Å². The predicted molar refractivity (Wildman–Crippen MR) is 110 cm³/mol. The molecule has 0 saturated heterocycles. The molecule has 4 nitrogen and oxygen atoms in total. The van der Waals surface area contributed by atoms with Crippen LogP contribution >= 0.6 is 15.9 Å². The molecule has 0 atom stereocenters. The van der Waals surface area contributed by atoms with Gasteiger partial charge in [0, 0.05) is 15.6 Å². The number of nitrogens with one attached hydrogen (secondary N) is 1. The third-order valence-corrected chi connectivity index (χ3v) is 4.31. The second-order valence-electron chi connectivity index (χ2n) is 7.06. The van der Waals surface area contributed by atoms with Gasteiger partial charge in [-0.1, -0.05) is 55.8 Å². The first-order valence-corrected chi connectivity index (χ1v) is 9.47. The van der Waals surface area contributed by atoms with E-state index in [1.54, 1.807) is 6.21 Å². The minimum absolute atomic E-state index is 0.0583. The lowest BCUT2D eigenvalue weighted by molar-refractivity contribution is 0.0955. The average Bonchev–Trinajstić information content (AvgIpc) is 2.60. The summed E-state index contributed by atoms with van der Waals surface area (Å²) in [6.07, 6.45) is 2.52. The second-order valence-corrected chi connectivity index (χ2v) is 7.97. The molecular weight excluding hydrogens is 392 g/mol. The molecule has 0 saturated carbocycles. The Balaban J connectivity index is 2.06. The van der Waals surface area contributed by atoms with Crippen LogP contribution in [0.3, 0.4) is 0 Å². The molecule has 1 amide bonds. The van der Waals surface area contributed by atoms with Gasteiger partial charge in [-0.2, -0.15) is 5.10 Å². The Morgan fingerprint density at radius 3 is 2.50 bits per heavy atom. The summed E-state index contributed by atoms with van der Waals surface area (Å²) in [6, 6.07) is 13.3. The first-order valence-electron chi connectivity index (χ1n) is 8.67. The molecule has 2 aromatic rings. The minimum Gasteiger partial charge on any atom is -0.493 e. The fourth-order valence-corrected chi connectivity index (χ4v) is 2.69. The zero-order chi connectivity index (χ0) is 19.2. The molecule has 0 aromatic heterocycles. The number of ether oxygens (including phenoxy) is 1. The average molecular weight is 417 g/mol. The normalized spacial score (nSPS) is 11.6. The van der Waals surface area contributed by atoms with Gasteiger partial charge in [0.1, 0.15) is 5.75 Å². The van der Waals surface area contributed by atoms with Crippen LogP contribution in [-0.2, 0) is 5.41 Å². The van der Waals surface area contributed by atoms with Crippen molar-refractivity contribution in [3.63, 3.8) is 0 Å². The summed E-state index contributed by atoms with van der Waals surface area (Å²) in [6.45, 7) is 9.11. The SMILES string of the molecule is CCCOc1ccc(Br)cc1/C=N\NC(=O)c1ccc(C(C)(C)C)cc1. The van der Waals surface area contributed by atoms with E-state index in [-0.39, 0.29) is 11.3 Å². The van der Waals surface area contributed by atoms with Crippen molar-refractivity contribution >= 4 is 28.1 Å². The molecule has 0 fully saturated rings. The Morgan fingerprint density at radius 2 is 1.88 bits per heavy atom. The maximum Gasteiger partial charge on any atom is 0.271 e. The van der Waals surface area contributed by atoms with Crippen LogP contribution in [0.1, 0.15) is 55.6 Å². The number of amides is 1. The number of rotatable bonds is 6. The fourth-order valence-electron chi connectivity index (χ4n) is 2.31. The van der Waals surface area contributed by atoms with Crippen molar-refractivity contribution < 1.29 is 9.53 Å². The molecule has 0 aliphatic heterocycles. The Morgan fingerprint density at radius 1 is 1.19 bits per heavy atom. The molecule has 2 aromatic carbocycles. The van der Waals surface area contributed by atoms with E-state index in [2.05, 4.69) is 54.2 Å². The van der Waals surface area contributed by atoms with E-state index in [1.165, 1.54) is 5.56 Å². The van der Waals surface area contributed by atoms with Crippen LogP contribution in [-0.4, -0.2) is 18.7 Å². The fraction of sp³-hybridized carbons (Fsp3) is 0.333. The molecule has 0 aliphatic carbocycles. The molecule has 0 radical (unpaired) electrons. The van der Waals surface area contributed by atoms with Crippen molar-refractivity contribution in [2.75, 3.05) is 6.61 Å². The monoisotopic (exact) mass is 416 g/mol. The van der Waals surface area contributed by atoms with E-state index >= 15 is 0 Å². The molecule has 2 rings (SSSR count). The molecule has 138 valence electrons. The van der Waals surface area contributed by atoms with Gasteiger partial charge < -0.3 is 4.74 Å². The standard InChI is InChI=1S/C21H25BrN2O2/c1-5-12-26-19-11-10-18(22)13-16(19)14-23-24-20(25)15-6-8-17(9-7-15)21(2,3)4/h6-11,13-14H,5,12H2,1-4H3,(H,24,25)/b23-14-. The Bertz CT molecular complexity index is 778. The van der Waals surface area contributed by atoms with Gasteiger partial charge in [0.05, 0.1) is 12.8 Å². The van der Waals surface area contributed by atoms with Crippen molar-refractivity contribution in [3.8, 4) is 5.75 Å². The van der Waals surface area contributed by atoms with E-state index in [0.717, 1.165) is 22.2 Å². The van der Waals surface area contributed by atoms with E-state index in [1.807, 2.05) is 42.5 Å². The number of carbonyl (C=O) groups is 1. The van der Waals surface area contributed by atoms with Gasteiger partial charge in [-0.05, 0) is 47.7 Å². The third-order valence-electron chi connectivity index (χ3n) is 3.82. The lowest BCUT2D eigenvalue weighted by atomic mass is 9.87. The number of hydrogen-bond donors (Lipinski definition) is 1. The van der Waals surface area contributed by atoms with Crippen LogP contribution in [0.25, 0.3) is 0 Å². The number of hydrogen-bond acceptors (Lipinski definition) is 3. The summed E-state index contributed by atoms with van der Waals surface area (Å²) in [7, 11) is 0. The second kappa shape index (κ2) is 8.99. The van der Waals surface area contributed by atoms with Gasteiger partial charge in [0.15, 0.2) is 0 Å².